The molecule has 1 aromatic carbocycles. The first-order valence-electron chi connectivity index (χ1n) is 6.17. The van der Waals surface area contributed by atoms with Gasteiger partial charge in [-0.3, -0.25) is 4.79 Å². The summed E-state index contributed by atoms with van der Waals surface area (Å²) in [6.07, 6.45) is 2.11. The number of nitrogens with zero attached hydrogens (tertiary/aromatic N) is 1. The van der Waals surface area contributed by atoms with Crippen LogP contribution < -0.4 is 15.4 Å². The van der Waals surface area contributed by atoms with Gasteiger partial charge in [0.05, 0.1) is 12.1 Å². The minimum absolute atomic E-state index is 0.0310. The lowest BCUT2D eigenvalue weighted by Gasteiger charge is -2.07. The third-order valence-electron chi connectivity index (χ3n) is 2.48. The van der Waals surface area contributed by atoms with Crippen LogP contribution in [-0.2, 0) is 4.79 Å². The molecular formula is C14H15Cl2N3O2. The zero-order valence-corrected chi connectivity index (χ0v) is 13.0. The van der Waals surface area contributed by atoms with Gasteiger partial charge in [0.2, 0.25) is 0 Å². The van der Waals surface area contributed by atoms with Crippen LogP contribution in [0.25, 0.3) is 0 Å². The Morgan fingerprint density at radius 3 is 2.86 bits per heavy atom. The number of rotatable bonds is 7. The number of benzene rings is 1. The number of amides is 1. The number of methoxy groups -OCH3 is 1. The summed E-state index contributed by atoms with van der Waals surface area (Å²) in [5.41, 5.74) is 0.448. The molecule has 0 fully saturated rings. The van der Waals surface area contributed by atoms with Gasteiger partial charge in [-0.1, -0.05) is 11.6 Å². The molecule has 0 bridgehead atoms. The Labute approximate surface area is 133 Å². The number of nitrogens with one attached hydrogen (secondary N) is 2. The van der Waals surface area contributed by atoms with Gasteiger partial charge in [-0.15, -0.1) is 11.6 Å². The van der Waals surface area contributed by atoms with Crippen molar-refractivity contribution in [3.8, 4) is 11.8 Å². The van der Waals surface area contributed by atoms with Gasteiger partial charge in [0.15, 0.2) is 0 Å². The molecule has 0 saturated heterocycles. The van der Waals surface area contributed by atoms with Crippen LogP contribution in [0.3, 0.4) is 0 Å². The number of carbonyl (C=O) groups is 1. The van der Waals surface area contributed by atoms with Crippen molar-refractivity contribution in [2.24, 2.45) is 0 Å². The average Bonchev–Trinajstić information content (AvgIpc) is 2.47. The molecule has 0 aliphatic carbocycles. The fourth-order valence-corrected chi connectivity index (χ4v) is 1.83. The number of anilines is 1. The first-order valence-corrected chi connectivity index (χ1v) is 7.08. The van der Waals surface area contributed by atoms with Crippen molar-refractivity contribution in [3.63, 3.8) is 0 Å². The van der Waals surface area contributed by atoms with Gasteiger partial charge >= 0.3 is 0 Å². The summed E-state index contributed by atoms with van der Waals surface area (Å²) in [4.78, 5) is 11.9. The van der Waals surface area contributed by atoms with E-state index in [9.17, 15) is 4.79 Å². The monoisotopic (exact) mass is 327 g/mol. The predicted octanol–water partition coefficient (Wildman–Crippen LogP) is 2.91. The largest absolute Gasteiger partial charge is 0.495 e. The minimum Gasteiger partial charge on any atom is -0.495 e. The molecule has 0 unspecified atom stereocenters. The van der Waals surface area contributed by atoms with E-state index in [0.29, 0.717) is 28.9 Å². The third kappa shape index (κ3) is 5.54. The molecule has 5 nitrogen and oxygen atoms in total. The van der Waals surface area contributed by atoms with Gasteiger partial charge in [0, 0.05) is 24.3 Å². The number of nitriles is 1. The Morgan fingerprint density at radius 1 is 1.52 bits per heavy atom. The Hall–Kier alpha value is -1.90. The number of alkyl halides is 1. The summed E-state index contributed by atoms with van der Waals surface area (Å²) in [6.45, 7) is 0.594. The molecule has 0 aliphatic heterocycles. The average molecular weight is 328 g/mol. The topological polar surface area (TPSA) is 74.1 Å². The summed E-state index contributed by atoms with van der Waals surface area (Å²) in [5.74, 6) is 0.504. The predicted molar refractivity (Wildman–Crippen MR) is 83.7 cm³/mol. The van der Waals surface area contributed by atoms with Crippen LogP contribution in [0.4, 0.5) is 5.69 Å². The quantitative estimate of drug-likeness (QED) is 0.349. The van der Waals surface area contributed by atoms with E-state index < -0.39 is 5.91 Å². The summed E-state index contributed by atoms with van der Waals surface area (Å²) in [5, 5.41) is 14.8. The second-order valence-electron chi connectivity index (χ2n) is 3.97. The maximum Gasteiger partial charge on any atom is 0.267 e. The first-order chi connectivity index (χ1) is 10.1. The maximum absolute atomic E-state index is 11.9. The van der Waals surface area contributed by atoms with Crippen molar-refractivity contribution in [1.82, 2.24) is 5.32 Å². The van der Waals surface area contributed by atoms with Crippen LogP contribution >= 0.6 is 23.2 Å². The van der Waals surface area contributed by atoms with E-state index in [1.807, 2.05) is 6.07 Å². The van der Waals surface area contributed by atoms with Crippen LogP contribution in [0.1, 0.15) is 6.42 Å². The van der Waals surface area contributed by atoms with Gasteiger partial charge in [-0.2, -0.15) is 5.26 Å². The molecule has 0 aromatic heterocycles. The van der Waals surface area contributed by atoms with Gasteiger partial charge < -0.3 is 15.4 Å². The lowest BCUT2D eigenvalue weighted by atomic mass is 10.2. The SMILES string of the molecule is COc1ccc(NC(=O)/C(C#N)=C\NCCCCl)cc1Cl. The highest BCUT2D eigenvalue weighted by Gasteiger charge is 2.10. The van der Waals surface area contributed by atoms with E-state index in [2.05, 4.69) is 10.6 Å². The molecule has 2 N–H and O–H groups in total. The van der Waals surface area contributed by atoms with E-state index in [1.54, 1.807) is 18.2 Å². The number of carbonyl (C=O) groups excluding carboxylic acids is 1. The van der Waals surface area contributed by atoms with Gasteiger partial charge in [0.1, 0.15) is 17.4 Å². The van der Waals surface area contributed by atoms with Crippen LogP contribution in [-0.4, -0.2) is 25.4 Å². The second-order valence-corrected chi connectivity index (χ2v) is 4.76. The molecule has 7 heteroatoms. The molecule has 0 aliphatic rings. The number of hydrogen-bond acceptors (Lipinski definition) is 4. The van der Waals surface area contributed by atoms with E-state index in [0.717, 1.165) is 6.42 Å². The smallest absolute Gasteiger partial charge is 0.267 e. The number of hydrogen-bond donors (Lipinski definition) is 2. The van der Waals surface area contributed by atoms with Crippen molar-refractivity contribution in [2.75, 3.05) is 24.9 Å². The highest BCUT2D eigenvalue weighted by Crippen LogP contribution is 2.27. The Kier molecular flexibility index (Phi) is 7.44. The van der Waals surface area contributed by atoms with E-state index in [4.69, 9.17) is 33.2 Å². The lowest BCUT2D eigenvalue weighted by Crippen LogP contribution is -2.17. The summed E-state index contributed by atoms with van der Waals surface area (Å²) < 4.78 is 5.02. The fraction of sp³-hybridized carbons (Fsp3) is 0.286. The Morgan fingerprint density at radius 2 is 2.29 bits per heavy atom. The standard InChI is InChI=1S/C14H15Cl2N3O2/c1-21-13-4-3-11(7-12(13)16)19-14(20)10(8-17)9-18-6-2-5-15/h3-4,7,9,18H,2,5-6H2,1H3,(H,19,20)/b10-9-. The molecular weight excluding hydrogens is 313 g/mol. The summed E-state index contributed by atoms with van der Waals surface area (Å²) in [7, 11) is 1.50. The van der Waals surface area contributed by atoms with Crippen molar-refractivity contribution in [3.05, 3.63) is 35.0 Å². The van der Waals surface area contributed by atoms with Crippen molar-refractivity contribution < 1.29 is 9.53 Å². The van der Waals surface area contributed by atoms with Gasteiger partial charge in [-0.25, -0.2) is 0 Å². The lowest BCUT2D eigenvalue weighted by molar-refractivity contribution is -0.112. The van der Waals surface area contributed by atoms with E-state index in [1.165, 1.54) is 13.3 Å². The molecule has 0 atom stereocenters. The number of ether oxygens (including phenoxy) is 1. The second kappa shape index (κ2) is 9.11. The van der Waals surface area contributed by atoms with Crippen LogP contribution in [0.5, 0.6) is 5.75 Å². The van der Waals surface area contributed by atoms with Crippen LogP contribution in [0.15, 0.2) is 30.0 Å². The highest BCUT2D eigenvalue weighted by atomic mass is 35.5. The normalized spacial score (nSPS) is 10.7. The zero-order chi connectivity index (χ0) is 15.7. The van der Waals surface area contributed by atoms with E-state index in [-0.39, 0.29) is 5.57 Å². The molecule has 0 heterocycles. The molecule has 112 valence electrons. The molecule has 0 saturated carbocycles. The number of halogens is 2. The summed E-state index contributed by atoms with van der Waals surface area (Å²) in [6, 6.07) is 6.65. The fourth-order valence-electron chi connectivity index (χ4n) is 1.43. The Bertz CT molecular complexity index is 568. The third-order valence-corrected chi connectivity index (χ3v) is 3.04. The molecule has 0 spiro atoms. The van der Waals surface area contributed by atoms with Crippen LogP contribution in [0.2, 0.25) is 5.02 Å². The molecule has 1 amide bonds. The first kappa shape index (κ1) is 17.2. The van der Waals surface area contributed by atoms with Crippen molar-refractivity contribution in [1.29, 1.82) is 5.26 Å². The molecule has 1 rings (SSSR count). The van der Waals surface area contributed by atoms with E-state index >= 15 is 0 Å². The maximum atomic E-state index is 11.9. The van der Waals surface area contributed by atoms with Gasteiger partial charge in [0.25, 0.3) is 5.91 Å². The van der Waals surface area contributed by atoms with Gasteiger partial charge in [-0.05, 0) is 24.6 Å². The highest BCUT2D eigenvalue weighted by molar-refractivity contribution is 6.32. The minimum atomic E-state index is -0.517. The van der Waals surface area contributed by atoms with Crippen LogP contribution in [0, 0.1) is 11.3 Å². The Balaban J connectivity index is 2.70. The molecule has 0 radical (unpaired) electrons. The van der Waals surface area contributed by atoms with Crippen molar-refractivity contribution >= 4 is 34.8 Å². The molecule has 21 heavy (non-hydrogen) atoms. The molecule has 1 aromatic rings. The zero-order valence-electron chi connectivity index (χ0n) is 11.5. The summed E-state index contributed by atoms with van der Waals surface area (Å²) >= 11 is 11.5. The van der Waals surface area contributed by atoms with Crippen molar-refractivity contribution in [2.45, 2.75) is 6.42 Å².